The number of hydrogen-bond donors (Lipinski definition) is 0. The standard InChI is InChI=1S/C4H2N2O/c1-5-4-2-7-3-6-4/h2-3H. The molecule has 0 aromatic carbocycles. The van der Waals surface area contributed by atoms with Gasteiger partial charge in [-0.3, -0.25) is 0 Å². The van der Waals surface area contributed by atoms with Crippen LogP contribution in [0.15, 0.2) is 17.1 Å². The van der Waals surface area contributed by atoms with Crippen LogP contribution in [0, 0.1) is 6.57 Å². The normalized spacial score (nSPS) is 7.86. The highest BCUT2D eigenvalue weighted by Crippen LogP contribution is 2.03. The number of oxazole rings is 1. The Morgan fingerprint density at radius 1 is 1.86 bits per heavy atom. The third-order valence-electron chi connectivity index (χ3n) is 0.534. The summed E-state index contributed by atoms with van der Waals surface area (Å²) in [6.45, 7) is 6.36. The zero-order chi connectivity index (χ0) is 5.11. The van der Waals surface area contributed by atoms with Gasteiger partial charge in [-0.05, 0) is 0 Å². The Bertz CT molecular complexity index is 172. The van der Waals surface area contributed by atoms with Crippen molar-refractivity contribution in [3.05, 3.63) is 24.1 Å². The third kappa shape index (κ3) is 0.578. The van der Waals surface area contributed by atoms with Crippen LogP contribution in [0.4, 0.5) is 5.82 Å². The molecule has 3 heteroatoms. The molecule has 0 unspecified atom stereocenters. The zero-order valence-electron chi connectivity index (χ0n) is 3.46. The van der Waals surface area contributed by atoms with Crippen molar-refractivity contribution in [2.75, 3.05) is 0 Å². The maximum Gasteiger partial charge on any atom is 0.308 e. The topological polar surface area (TPSA) is 30.4 Å². The molecule has 0 radical (unpaired) electrons. The van der Waals surface area contributed by atoms with Gasteiger partial charge in [0.2, 0.25) is 0 Å². The molecule has 0 aliphatic rings. The average molecular weight is 94.1 g/mol. The van der Waals surface area contributed by atoms with Crippen LogP contribution in [0.3, 0.4) is 0 Å². The van der Waals surface area contributed by atoms with Crippen molar-refractivity contribution >= 4 is 5.82 Å². The monoisotopic (exact) mass is 94.0 g/mol. The van der Waals surface area contributed by atoms with Crippen molar-refractivity contribution in [2.24, 2.45) is 0 Å². The van der Waals surface area contributed by atoms with E-state index in [2.05, 4.69) is 14.2 Å². The molecular formula is C4H2N2O. The van der Waals surface area contributed by atoms with E-state index in [0.29, 0.717) is 5.82 Å². The van der Waals surface area contributed by atoms with Gasteiger partial charge in [0.05, 0.1) is 0 Å². The van der Waals surface area contributed by atoms with Gasteiger partial charge in [-0.2, -0.15) is 0 Å². The Morgan fingerprint density at radius 2 is 2.71 bits per heavy atom. The van der Waals surface area contributed by atoms with E-state index in [1.807, 2.05) is 0 Å². The van der Waals surface area contributed by atoms with E-state index >= 15 is 0 Å². The van der Waals surface area contributed by atoms with Gasteiger partial charge in [-0.1, -0.05) is 11.6 Å². The van der Waals surface area contributed by atoms with E-state index in [1.54, 1.807) is 0 Å². The molecular weight excluding hydrogens is 92.1 g/mol. The molecule has 1 aromatic rings. The van der Waals surface area contributed by atoms with Crippen molar-refractivity contribution in [3.63, 3.8) is 0 Å². The summed E-state index contributed by atoms with van der Waals surface area (Å²) < 4.78 is 4.48. The van der Waals surface area contributed by atoms with Gasteiger partial charge < -0.3 is 9.26 Å². The maximum atomic E-state index is 6.36. The van der Waals surface area contributed by atoms with E-state index < -0.39 is 0 Å². The SMILES string of the molecule is [C-]#[N+]c1cocn1. The Kier molecular flexibility index (Phi) is 0.794. The molecule has 1 rings (SSSR count). The van der Waals surface area contributed by atoms with Gasteiger partial charge in [0.15, 0.2) is 0 Å². The Hall–Kier alpha value is -1.30. The number of aromatic nitrogens is 1. The van der Waals surface area contributed by atoms with E-state index in [1.165, 1.54) is 12.7 Å². The fourth-order valence-electron chi connectivity index (χ4n) is 0.261. The first-order valence-corrected chi connectivity index (χ1v) is 1.69. The van der Waals surface area contributed by atoms with Crippen LogP contribution in [0.1, 0.15) is 0 Å². The molecule has 0 atom stereocenters. The lowest BCUT2D eigenvalue weighted by atomic mass is 10.8. The lowest BCUT2D eigenvalue weighted by molar-refractivity contribution is 0.558. The van der Waals surface area contributed by atoms with Crippen LogP contribution in [0.2, 0.25) is 0 Å². The van der Waals surface area contributed by atoms with Gasteiger partial charge in [-0.25, -0.2) is 0 Å². The fraction of sp³-hybridized carbons (Fsp3) is 0. The largest absolute Gasteiger partial charge is 0.445 e. The first kappa shape index (κ1) is 3.88. The Morgan fingerprint density at radius 3 is 3.00 bits per heavy atom. The lowest BCUT2D eigenvalue weighted by Gasteiger charge is -1.63. The average Bonchev–Trinajstić information content (AvgIpc) is 2.14. The van der Waals surface area contributed by atoms with Crippen molar-refractivity contribution in [2.45, 2.75) is 0 Å². The zero-order valence-corrected chi connectivity index (χ0v) is 3.46. The van der Waals surface area contributed by atoms with Gasteiger partial charge in [0.1, 0.15) is 6.26 Å². The van der Waals surface area contributed by atoms with Gasteiger partial charge in [0.25, 0.3) is 6.39 Å². The van der Waals surface area contributed by atoms with Crippen LogP contribution in [0.5, 0.6) is 0 Å². The Labute approximate surface area is 40.4 Å². The number of hydrogen-bond acceptors (Lipinski definition) is 2. The second kappa shape index (κ2) is 1.43. The quantitative estimate of drug-likeness (QED) is 0.452. The highest BCUT2D eigenvalue weighted by Gasteiger charge is 1.87. The molecule has 0 amide bonds. The molecule has 34 valence electrons. The van der Waals surface area contributed by atoms with Crippen molar-refractivity contribution in [3.8, 4) is 0 Å². The molecule has 0 N–H and O–H groups in total. The minimum absolute atomic E-state index is 0.306. The summed E-state index contributed by atoms with van der Waals surface area (Å²) in [7, 11) is 0. The summed E-state index contributed by atoms with van der Waals surface area (Å²) in [6, 6.07) is 0. The summed E-state index contributed by atoms with van der Waals surface area (Å²) in [6.07, 6.45) is 2.53. The molecule has 1 heterocycles. The van der Waals surface area contributed by atoms with E-state index in [4.69, 9.17) is 6.57 Å². The highest BCUT2D eigenvalue weighted by atomic mass is 16.3. The minimum Gasteiger partial charge on any atom is -0.445 e. The fourth-order valence-corrected chi connectivity index (χ4v) is 0.261. The smallest absolute Gasteiger partial charge is 0.308 e. The predicted octanol–water partition coefficient (Wildman–Crippen LogP) is 1.23. The molecule has 0 fully saturated rings. The first-order valence-electron chi connectivity index (χ1n) is 1.69. The maximum absolute atomic E-state index is 6.36. The van der Waals surface area contributed by atoms with Crippen LogP contribution >= 0.6 is 0 Å². The third-order valence-corrected chi connectivity index (χ3v) is 0.534. The van der Waals surface area contributed by atoms with Gasteiger partial charge in [0, 0.05) is 0 Å². The number of nitrogens with zero attached hydrogens (tertiary/aromatic N) is 2. The second-order valence-corrected chi connectivity index (χ2v) is 0.958. The summed E-state index contributed by atoms with van der Waals surface area (Å²) in [4.78, 5) is 6.49. The van der Waals surface area contributed by atoms with Crippen molar-refractivity contribution < 1.29 is 4.42 Å². The lowest BCUT2D eigenvalue weighted by Crippen LogP contribution is -1.48. The van der Waals surface area contributed by atoms with E-state index in [-0.39, 0.29) is 0 Å². The molecule has 3 nitrogen and oxygen atoms in total. The molecule has 0 aliphatic heterocycles. The molecule has 0 spiro atoms. The number of rotatable bonds is 0. The summed E-state index contributed by atoms with van der Waals surface area (Å²) in [5.41, 5.74) is 0. The minimum atomic E-state index is 0.306. The predicted molar refractivity (Wildman–Crippen MR) is 22.8 cm³/mol. The van der Waals surface area contributed by atoms with Crippen LogP contribution < -0.4 is 0 Å². The molecule has 0 saturated heterocycles. The van der Waals surface area contributed by atoms with Crippen LogP contribution in [0.25, 0.3) is 4.85 Å². The van der Waals surface area contributed by atoms with Crippen molar-refractivity contribution in [1.82, 2.24) is 4.98 Å². The molecule has 0 bridgehead atoms. The van der Waals surface area contributed by atoms with E-state index in [9.17, 15) is 0 Å². The van der Waals surface area contributed by atoms with E-state index in [0.717, 1.165) is 0 Å². The summed E-state index contributed by atoms with van der Waals surface area (Å²) >= 11 is 0. The van der Waals surface area contributed by atoms with Crippen LogP contribution in [-0.4, -0.2) is 4.98 Å². The first-order chi connectivity index (χ1) is 3.43. The van der Waals surface area contributed by atoms with Crippen molar-refractivity contribution in [1.29, 1.82) is 0 Å². The summed E-state index contributed by atoms with van der Waals surface area (Å²) in [5, 5.41) is 0. The van der Waals surface area contributed by atoms with Gasteiger partial charge >= 0.3 is 5.82 Å². The highest BCUT2D eigenvalue weighted by molar-refractivity contribution is 5.28. The molecule has 7 heavy (non-hydrogen) atoms. The van der Waals surface area contributed by atoms with Crippen LogP contribution in [-0.2, 0) is 0 Å². The van der Waals surface area contributed by atoms with Gasteiger partial charge in [-0.15, -0.1) is 0 Å². The second-order valence-electron chi connectivity index (χ2n) is 0.958. The summed E-state index contributed by atoms with van der Waals surface area (Å²) in [5.74, 6) is 0.306. The molecule has 0 saturated carbocycles. The molecule has 0 aliphatic carbocycles. The Balaban J connectivity index is 3.04. The molecule has 1 aromatic heterocycles.